The van der Waals surface area contributed by atoms with Crippen molar-refractivity contribution in [1.29, 1.82) is 0 Å². The van der Waals surface area contributed by atoms with Crippen molar-refractivity contribution in [2.75, 3.05) is 0 Å². The Kier molecular flexibility index (Phi) is 13.6. The molecule has 17 heavy (non-hydrogen) atoms. The highest BCUT2D eigenvalue weighted by Crippen LogP contribution is 2.15. The molecule has 0 nitrogen and oxygen atoms in total. The van der Waals surface area contributed by atoms with Crippen molar-refractivity contribution >= 4 is 0 Å². The summed E-state index contributed by atoms with van der Waals surface area (Å²) in [6.45, 7) is 6.80. The molecule has 0 N–H and O–H groups in total. The minimum absolute atomic E-state index is 1.19. The number of rotatable bonds is 12. The third-order valence-corrected chi connectivity index (χ3v) is 3.25. The summed E-state index contributed by atoms with van der Waals surface area (Å²) in [5.74, 6) is 0. The van der Waals surface area contributed by atoms with Gasteiger partial charge in [-0.25, -0.2) is 0 Å². The molecule has 0 aromatic heterocycles. The topological polar surface area (TPSA) is 0 Å². The van der Waals surface area contributed by atoms with E-state index in [1.807, 2.05) is 0 Å². The van der Waals surface area contributed by atoms with E-state index in [0.29, 0.717) is 0 Å². The van der Waals surface area contributed by atoms with Gasteiger partial charge in [-0.15, -0.1) is 0 Å². The third kappa shape index (κ3) is 12.0. The van der Waals surface area contributed by atoms with E-state index >= 15 is 0 Å². The smallest absolute Gasteiger partial charge is 0.0140 e. The molecule has 0 fully saturated rings. The predicted molar refractivity (Wildman–Crippen MR) is 80.2 cm³/mol. The van der Waals surface area contributed by atoms with Crippen LogP contribution in [-0.2, 0) is 0 Å². The van der Waals surface area contributed by atoms with Gasteiger partial charge in [0.1, 0.15) is 0 Å². The van der Waals surface area contributed by atoms with Crippen LogP contribution < -0.4 is 0 Å². The van der Waals surface area contributed by atoms with Gasteiger partial charge >= 0.3 is 0 Å². The monoisotopic (exact) mass is 237 g/mol. The quantitative estimate of drug-likeness (QED) is 0.341. The summed E-state index contributed by atoms with van der Waals surface area (Å²) >= 11 is 0. The van der Waals surface area contributed by atoms with Crippen molar-refractivity contribution in [3.63, 3.8) is 0 Å². The van der Waals surface area contributed by atoms with Crippen LogP contribution in [0, 0.1) is 6.42 Å². The van der Waals surface area contributed by atoms with Gasteiger partial charge in [0.25, 0.3) is 0 Å². The molecule has 0 aliphatic carbocycles. The van der Waals surface area contributed by atoms with Crippen molar-refractivity contribution < 1.29 is 0 Å². The van der Waals surface area contributed by atoms with Crippen LogP contribution in [0.1, 0.15) is 91.4 Å². The predicted octanol–water partition coefficient (Wildman–Crippen LogP) is 6.47. The van der Waals surface area contributed by atoms with Gasteiger partial charge in [0.15, 0.2) is 0 Å². The SMILES string of the molecule is CC[CH]C(=CCCCCCCCC)CCCC. The Bertz CT molecular complexity index is 167. The molecule has 1 radical (unpaired) electrons. The second-order valence-corrected chi connectivity index (χ2v) is 5.05. The fraction of sp³-hybridized carbons (Fsp3) is 0.824. The maximum absolute atomic E-state index is 2.49. The minimum atomic E-state index is 1.19. The van der Waals surface area contributed by atoms with Crippen LogP contribution in [0.15, 0.2) is 11.6 Å². The van der Waals surface area contributed by atoms with Crippen LogP contribution >= 0.6 is 0 Å². The van der Waals surface area contributed by atoms with Gasteiger partial charge in [0.05, 0.1) is 0 Å². The highest BCUT2D eigenvalue weighted by Gasteiger charge is 1.96. The molecule has 0 amide bonds. The van der Waals surface area contributed by atoms with E-state index in [0.717, 1.165) is 0 Å². The van der Waals surface area contributed by atoms with E-state index in [-0.39, 0.29) is 0 Å². The second kappa shape index (κ2) is 13.8. The lowest BCUT2D eigenvalue weighted by Gasteiger charge is -2.05. The molecule has 0 heterocycles. The zero-order valence-corrected chi connectivity index (χ0v) is 12.4. The summed E-state index contributed by atoms with van der Waals surface area (Å²) in [4.78, 5) is 0. The normalized spacial score (nSPS) is 12.1. The summed E-state index contributed by atoms with van der Waals surface area (Å²) < 4.78 is 0. The van der Waals surface area contributed by atoms with Crippen molar-refractivity contribution in [1.82, 2.24) is 0 Å². The molecule has 0 rings (SSSR count). The zero-order valence-electron chi connectivity index (χ0n) is 12.4. The first-order valence-corrected chi connectivity index (χ1v) is 7.87. The van der Waals surface area contributed by atoms with Crippen molar-refractivity contribution in [3.05, 3.63) is 18.1 Å². The zero-order chi connectivity index (χ0) is 12.8. The maximum Gasteiger partial charge on any atom is -0.0140 e. The third-order valence-electron chi connectivity index (χ3n) is 3.25. The van der Waals surface area contributed by atoms with E-state index in [4.69, 9.17) is 0 Å². The Hall–Kier alpha value is -0.260. The van der Waals surface area contributed by atoms with E-state index in [2.05, 4.69) is 33.3 Å². The van der Waals surface area contributed by atoms with Crippen molar-refractivity contribution in [2.45, 2.75) is 91.4 Å². The molecule has 0 atom stereocenters. The average Bonchev–Trinajstić information content (AvgIpc) is 2.34. The molecular weight excluding hydrogens is 204 g/mol. The molecule has 0 spiro atoms. The van der Waals surface area contributed by atoms with Crippen molar-refractivity contribution in [2.24, 2.45) is 0 Å². The minimum Gasteiger partial charge on any atom is -0.0850 e. The molecular formula is C17H33. The van der Waals surface area contributed by atoms with Crippen LogP contribution in [0.25, 0.3) is 0 Å². The maximum atomic E-state index is 2.49. The lowest BCUT2D eigenvalue weighted by molar-refractivity contribution is 0.610. The first-order valence-electron chi connectivity index (χ1n) is 7.87. The first-order chi connectivity index (χ1) is 8.35. The fourth-order valence-corrected chi connectivity index (χ4v) is 2.14. The molecule has 101 valence electrons. The highest BCUT2D eigenvalue weighted by atomic mass is 14.0. The van der Waals surface area contributed by atoms with E-state index in [1.165, 1.54) is 70.6 Å². The van der Waals surface area contributed by atoms with Gasteiger partial charge in [0, 0.05) is 0 Å². The Morgan fingerprint density at radius 2 is 1.41 bits per heavy atom. The Labute approximate surface area is 110 Å². The standard InChI is InChI=1S/C17H33/c1-4-7-9-10-11-12-13-16-17(14-6-3)15-8-5-2/h14,16H,4-13,15H2,1-3H3. The highest BCUT2D eigenvalue weighted by molar-refractivity contribution is 5.12. The van der Waals surface area contributed by atoms with Crippen LogP contribution in [0.2, 0.25) is 0 Å². The van der Waals surface area contributed by atoms with E-state index in [9.17, 15) is 0 Å². The molecule has 0 aliphatic heterocycles. The second-order valence-electron chi connectivity index (χ2n) is 5.05. The van der Waals surface area contributed by atoms with Gasteiger partial charge in [-0.3, -0.25) is 0 Å². The molecule has 0 saturated carbocycles. The number of unbranched alkanes of at least 4 members (excludes halogenated alkanes) is 7. The Morgan fingerprint density at radius 3 is 2.06 bits per heavy atom. The summed E-state index contributed by atoms with van der Waals surface area (Å²) in [5.41, 5.74) is 1.60. The summed E-state index contributed by atoms with van der Waals surface area (Å²) in [5, 5.41) is 0. The molecule has 0 saturated heterocycles. The summed E-state index contributed by atoms with van der Waals surface area (Å²) in [6, 6.07) is 0. The molecule has 0 unspecified atom stereocenters. The lowest BCUT2D eigenvalue weighted by Crippen LogP contribution is -1.86. The van der Waals surface area contributed by atoms with Gasteiger partial charge in [-0.05, 0) is 38.5 Å². The fourth-order valence-electron chi connectivity index (χ4n) is 2.14. The summed E-state index contributed by atoms with van der Waals surface area (Å²) in [6.07, 6.45) is 19.8. The van der Waals surface area contributed by atoms with Gasteiger partial charge in [-0.1, -0.05) is 70.9 Å². The van der Waals surface area contributed by atoms with Gasteiger partial charge in [-0.2, -0.15) is 0 Å². The van der Waals surface area contributed by atoms with Crippen LogP contribution in [0.3, 0.4) is 0 Å². The molecule has 0 bridgehead atoms. The van der Waals surface area contributed by atoms with Crippen molar-refractivity contribution in [3.8, 4) is 0 Å². The number of hydrogen-bond acceptors (Lipinski definition) is 0. The molecule has 0 aromatic rings. The van der Waals surface area contributed by atoms with Crippen LogP contribution in [0.4, 0.5) is 0 Å². The first kappa shape index (κ1) is 16.7. The Morgan fingerprint density at radius 1 is 0.765 bits per heavy atom. The van der Waals surface area contributed by atoms with Gasteiger partial charge < -0.3 is 0 Å². The number of hydrogen-bond donors (Lipinski definition) is 0. The lowest BCUT2D eigenvalue weighted by atomic mass is 10.0. The van der Waals surface area contributed by atoms with Crippen LogP contribution in [-0.4, -0.2) is 0 Å². The van der Waals surface area contributed by atoms with Gasteiger partial charge in [0.2, 0.25) is 0 Å². The largest absolute Gasteiger partial charge is 0.0850 e. The summed E-state index contributed by atoms with van der Waals surface area (Å²) in [7, 11) is 0. The molecule has 0 aliphatic rings. The Balaban J connectivity index is 3.54. The molecule has 0 aromatic carbocycles. The van der Waals surface area contributed by atoms with E-state index in [1.54, 1.807) is 5.57 Å². The van der Waals surface area contributed by atoms with Crippen LogP contribution in [0.5, 0.6) is 0 Å². The van der Waals surface area contributed by atoms with E-state index < -0.39 is 0 Å². The number of allylic oxidation sites excluding steroid dienone is 2. The average molecular weight is 237 g/mol. The molecule has 0 heteroatoms.